The van der Waals surface area contributed by atoms with Crippen LogP contribution in [0.4, 0.5) is 0 Å². The summed E-state index contributed by atoms with van der Waals surface area (Å²) < 4.78 is 27.2. The summed E-state index contributed by atoms with van der Waals surface area (Å²) in [5.74, 6) is -0.108. The van der Waals surface area contributed by atoms with Crippen LogP contribution in [-0.2, 0) is 20.6 Å². The highest BCUT2D eigenvalue weighted by atomic mass is 32.2. The topological polar surface area (TPSA) is 66.5 Å². The lowest BCUT2D eigenvalue weighted by Gasteiger charge is -2.31. The summed E-state index contributed by atoms with van der Waals surface area (Å²) in [5, 5.41) is 3.21. The van der Waals surface area contributed by atoms with Gasteiger partial charge in [0.25, 0.3) is 0 Å². The van der Waals surface area contributed by atoms with Crippen LogP contribution in [0.3, 0.4) is 0 Å². The second kappa shape index (κ2) is 9.96. The van der Waals surface area contributed by atoms with Crippen LogP contribution in [0, 0.1) is 26.7 Å². The number of nitrogens with one attached hydrogen (secondary N) is 1. The Bertz CT molecular complexity index is 1020. The Morgan fingerprint density at radius 3 is 2.35 bits per heavy atom. The van der Waals surface area contributed by atoms with Gasteiger partial charge in [-0.15, -0.1) is 0 Å². The number of amides is 1. The molecule has 0 radical (unpaired) electrons. The second-order valence-electron chi connectivity index (χ2n) is 8.75. The van der Waals surface area contributed by atoms with Gasteiger partial charge in [0, 0.05) is 19.0 Å². The van der Waals surface area contributed by atoms with Crippen molar-refractivity contribution in [2.45, 2.75) is 58.8 Å². The van der Waals surface area contributed by atoms with Crippen LogP contribution in [0.2, 0.25) is 0 Å². The van der Waals surface area contributed by atoms with E-state index in [-0.39, 0.29) is 23.6 Å². The van der Waals surface area contributed by atoms with Crippen molar-refractivity contribution in [3.8, 4) is 0 Å². The third-order valence-electron chi connectivity index (χ3n) is 6.18. The summed E-state index contributed by atoms with van der Waals surface area (Å²) in [5.41, 5.74) is 5.40. The van der Waals surface area contributed by atoms with Crippen molar-refractivity contribution in [2.75, 3.05) is 13.1 Å². The molecule has 0 saturated carbocycles. The van der Waals surface area contributed by atoms with E-state index in [0.717, 1.165) is 23.1 Å². The molecule has 2 aromatic rings. The molecule has 1 saturated heterocycles. The third-order valence-corrected chi connectivity index (χ3v) is 8.03. The largest absolute Gasteiger partial charge is 0.349 e. The summed E-state index contributed by atoms with van der Waals surface area (Å²) in [4.78, 5) is 12.9. The molecule has 1 N–H and O–H groups in total. The number of sulfonamides is 1. The number of carbonyl (C=O) groups excluding carboxylic acids is 1. The van der Waals surface area contributed by atoms with Gasteiger partial charge in [0.1, 0.15) is 0 Å². The molecule has 1 aliphatic rings. The lowest BCUT2D eigenvalue weighted by molar-refractivity contribution is -0.126. The molecule has 1 amide bonds. The number of rotatable bonds is 7. The maximum Gasteiger partial charge on any atom is 0.223 e. The zero-order valence-electron chi connectivity index (χ0n) is 19.0. The predicted octanol–water partition coefficient (Wildman–Crippen LogP) is 4.42. The van der Waals surface area contributed by atoms with Gasteiger partial charge in [-0.3, -0.25) is 4.79 Å². The molecular weight excluding hydrogens is 408 g/mol. The fourth-order valence-electron chi connectivity index (χ4n) is 4.41. The molecule has 1 heterocycles. The predicted molar refractivity (Wildman–Crippen MR) is 125 cm³/mol. The molecule has 168 valence electrons. The Morgan fingerprint density at radius 1 is 1.06 bits per heavy atom. The SMILES string of the molecule is CCC(NC(=O)C1CCN(S(=O)(=O)Cc2cccc(C)c2)CC1)c1ccc(C)cc1C. The Kier molecular flexibility index (Phi) is 7.55. The molecule has 0 aromatic heterocycles. The summed E-state index contributed by atoms with van der Waals surface area (Å²) >= 11 is 0. The molecule has 2 aromatic carbocycles. The quantitative estimate of drug-likeness (QED) is 0.690. The van der Waals surface area contributed by atoms with Crippen LogP contribution in [0.15, 0.2) is 42.5 Å². The van der Waals surface area contributed by atoms with E-state index in [1.165, 1.54) is 11.1 Å². The van der Waals surface area contributed by atoms with Crippen LogP contribution >= 0.6 is 0 Å². The minimum atomic E-state index is -3.38. The van der Waals surface area contributed by atoms with Gasteiger partial charge in [-0.1, -0.05) is 60.5 Å². The molecule has 0 aliphatic carbocycles. The number of benzene rings is 2. The molecule has 3 rings (SSSR count). The maximum atomic E-state index is 12.9. The Morgan fingerprint density at radius 2 is 1.74 bits per heavy atom. The molecular formula is C25H34N2O3S. The number of aryl methyl sites for hydroxylation is 3. The summed E-state index contributed by atoms with van der Waals surface area (Å²) in [6.07, 6.45) is 1.93. The van der Waals surface area contributed by atoms with E-state index in [0.29, 0.717) is 25.9 Å². The van der Waals surface area contributed by atoms with E-state index in [2.05, 4.69) is 44.3 Å². The summed E-state index contributed by atoms with van der Waals surface area (Å²) in [7, 11) is -3.38. The van der Waals surface area contributed by atoms with Gasteiger partial charge in [0.15, 0.2) is 0 Å². The van der Waals surface area contributed by atoms with E-state index < -0.39 is 10.0 Å². The molecule has 1 aliphatic heterocycles. The first-order valence-corrected chi connectivity index (χ1v) is 12.7. The highest BCUT2D eigenvalue weighted by molar-refractivity contribution is 7.88. The molecule has 1 unspecified atom stereocenters. The first kappa shape index (κ1) is 23.5. The number of piperidine rings is 1. The van der Waals surface area contributed by atoms with Gasteiger partial charge >= 0.3 is 0 Å². The van der Waals surface area contributed by atoms with Crippen LogP contribution in [0.5, 0.6) is 0 Å². The standard InChI is InChI=1S/C25H34N2O3S/c1-5-24(23-10-9-19(3)15-20(23)4)26-25(28)22-11-13-27(14-12-22)31(29,30)17-21-8-6-7-18(2)16-21/h6-10,15-16,22,24H,5,11-14,17H2,1-4H3,(H,26,28). The molecule has 5 nitrogen and oxygen atoms in total. The van der Waals surface area contributed by atoms with E-state index in [1.54, 1.807) is 4.31 Å². The van der Waals surface area contributed by atoms with Gasteiger partial charge in [-0.05, 0) is 56.7 Å². The van der Waals surface area contributed by atoms with Crippen molar-refractivity contribution in [1.82, 2.24) is 9.62 Å². The maximum absolute atomic E-state index is 12.9. The normalized spacial score (nSPS) is 16.8. The smallest absolute Gasteiger partial charge is 0.223 e. The minimum absolute atomic E-state index is 0.0101. The number of carbonyl (C=O) groups is 1. The van der Waals surface area contributed by atoms with Crippen LogP contribution in [-0.4, -0.2) is 31.7 Å². The monoisotopic (exact) mass is 442 g/mol. The zero-order valence-corrected chi connectivity index (χ0v) is 19.8. The third kappa shape index (κ3) is 5.95. The van der Waals surface area contributed by atoms with Gasteiger partial charge in [0.2, 0.25) is 15.9 Å². The number of hydrogen-bond acceptors (Lipinski definition) is 3. The van der Waals surface area contributed by atoms with Gasteiger partial charge in [0.05, 0.1) is 11.8 Å². The lowest BCUT2D eigenvalue weighted by Crippen LogP contribution is -2.44. The zero-order chi connectivity index (χ0) is 22.6. The van der Waals surface area contributed by atoms with E-state index in [4.69, 9.17) is 0 Å². The Labute approximate surface area is 186 Å². The number of nitrogens with zero attached hydrogens (tertiary/aromatic N) is 1. The fourth-order valence-corrected chi connectivity index (χ4v) is 5.96. The molecule has 6 heteroatoms. The van der Waals surface area contributed by atoms with Crippen LogP contribution in [0.25, 0.3) is 0 Å². The van der Waals surface area contributed by atoms with Crippen molar-refractivity contribution in [3.63, 3.8) is 0 Å². The molecule has 1 atom stereocenters. The molecule has 1 fully saturated rings. The first-order chi connectivity index (χ1) is 14.7. The Hall–Kier alpha value is -2.18. The van der Waals surface area contributed by atoms with E-state index >= 15 is 0 Å². The Balaban J connectivity index is 1.58. The average Bonchev–Trinajstić information content (AvgIpc) is 2.72. The van der Waals surface area contributed by atoms with Gasteiger partial charge in [-0.2, -0.15) is 0 Å². The van der Waals surface area contributed by atoms with E-state index in [1.807, 2.05) is 31.2 Å². The second-order valence-corrected chi connectivity index (χ2v) is 10.7. The van der Waals surface area contributed by atoms with Crippen molar-refractivity contribution in [1.29, 1.82) is 0 Å². The van der Waals surface area contributed by atoms with Crippen LogP contribution in [0.1, 0.15) is 60.0 Å². The average molecular weight is 443 g/mol. The van der Waals surface area contributed by atoms with Crippen molar-refractivity contribution < 1.29 is 13.2 Å². The summed E-state index contributed by atoms with van der Waals surface area (Å²) in [6, 6.07) is 13.9. The number of hydrogen-bond donors (Lipinski definition) is 1. The minimum Gasteiger partial charge on any atom is -0.349 e. The van der Waals surface area contributed by atoms with E-state index in [9.17, 15) is 13.2 Å². The van der Waals surface area contributed by atoms with Gasteiger partial charge in [-0.25, -0.2) is 12.7 Å². The highest BCUT2D eigenvalue weighted by Crippen LogP contribution is 2.26. The molecule has 31 heavy (non-hydrogen) atoms. The summed E-state index contributed by atoms with van der Waals surface area (Å²) in [6.45, 7) is 8.97. The van der Waals surface area contributed by atoms with Crippen LogP contribution < -0.4 is 5.32 Å². The molecule has 0 bridgehead atoms. The van der Waals surface area contributed by atoms with Crippen molar-refractivity contribution in [2.24, 2.45) is 5.92 Å². The lowest BCUT2D eigenvalue weighted by atomic mass is 9.94. The highest BCUT2D eigenvalue weighted by Gasteiger charge is 2.32. The van der Waals surface area contributed by atoms with Gasteiger partial charge < -0.3 is 5.32 Å². The van der Waals surface area contributed by atoms with Crippen molar-refractivity contribution >= 4 is 15.9 Å². The first-order valence-electron chi connectivity index (χ1n) is 11.1. The molecule has 0 spiro atoms. The van der Waals surface area contributed by atoms with Crippen molar-refractivity contribution in [3.05, 3.63) is 70.3 Å². The fraction of sp³-hybridized carbons (Fsp3) is 0.480.